The predicted octanol–water partition coefficient (Wildman–Crippen LogP) is 1.92. The maximum absolute atomic E-state index is 12.2. The number of hydrogen-bond acceptors (Lipinski definition) is 6. The van der Waals surface area contributed by atoms with Gasteiger partial charge in [0.1, 0.15) is 6.54 Å². The molecule has 9 heteroatoms. The summed E-state index contributed by atoms with van der Waals surface area (Å²) in [6, 6.07) is 14.5. The van der Waals surface area contributed by atoms with Crippen molar-refractivity contribution in [2.45, 2.75) is 13.5 Å². The third-order valence-electron chi connectivity index (χ3n) is 4.02. The second-order valence-corrected chi connectivity index (χ2v) is 6.04. The highest BCUT2D eigenvalue weighted by Crippen LogP contribution is 2.12. The number of rotatable bonds is 9. The Hall–Kier alpha value is -3.75. The van der Waals surface area contributed by atoms with Crippen molar-refractivity contribution in [3.05, 3.63) is 75.8 Å². The Kier molecular flexibility index (Phi) is 7.84. The van der Waals surface area contributed by atoms with E-state index >= 15 is 0 Å². The number of nitrogens with one attached hydrogen (secondary N) is 1. The number of nitro groups is 1. The summed E-state index contributed by atoms with van der Waals surface area (Å²) < 4.78 is 4.92. The van der Waals surface area contributed by atoms with Crippen molar-refractivity contribution < 1.29 is 24.0 Å². The van der Waals surface area contributed by atoms with Gasteiger partial charge in [-0.1, -0.05) is 36.4 Å². The van der Waals surface area contributed by atoms with E-state index in [0.29, 0.717) is 13.1 Å². The molecular formula is C20H21N3O6. The molecule has 0 aliphatic rings. The smallest absolute Gasteiger partial charge is 0.325 e. The van der Waals surface area contributed by atoms with Crippen molar-refractivity contribution in [3.63, 3.8) is 0 Å². The molecule has 2 rings (SSSR count). The molecule has 0 saturated carbocycles. The van der Waals surface area contributed by atoms with Gasteiger partial charge in [-0.15, -0.1) is 0 Å². The Morgan fingerprint density at radius 3 is 2.48 bits per heavy atom. The van der Waals surface area contributed by atoms with Gasteiger partial charge in [0.2, 0.25) is 0 Å². The molecule has 0 radical (unpaired) electrons. The van der Waals surface area contributed by atoms with Crippen LogP contribution in [-0.2, 0) is 20.9 Å². The average Bonchev–Trinajstić information content (AvgIpc) is 2.74. The number of esters is 1. The average molecular weight is 399 g/mol. The summed E-state index contributed by atoms with van der Waals surface area (Å²) in [5, 5.41) is 13.1. The van der Waals surface area contributed by atoms with E-state index in [1.807, 2.05) is 37.3 Å². The number of non-ortho nitro benzene ring substituents is 1. The molecule has 2 aromatic carbocycles. The van der Waals surface area contributed by atoms with Crippen molar-refractivity contribution in [2.75, 3.05) is 19.7 Å². The molecule has 2 amide bonds. The summed E-state index contributed by atoms with van der Waals surface area (Å²) >= 11 is 0. The molecule has 0 unspecified atom stereocenters. The van der Waals surface area contributed by atoms with Crippen LogP contribution in [0.15, 0.2) is 54.6 Å². The predicted molar refractivity (Wildman–Crippen MR) is 104 cm³/mol. The van der Waals surface area contributed by atoms with Gasteiger partial charge < -0.3 is 15.0 Å². The van der Waals surface area contributed by atoms with Crippen LogP contribution in [0.4, 0.5) is 5.69 Å². The van der Waals surface area contributed by atoms with E-state index in [1.165, 1.54) is 18.2 Å². The molecular weight excluding hydrogens is 378 g/mol. The van der Waals surface area contributed by atoms with Crippen LogP contribution in [0.3, 0.4) is 0 Å². The molecule has 0 heterocycles. The van der Waals surface area contributed by atoms with Crippen LogP contribution in [0, 0.1) is 10.1 Å². The maximum Gasteiger partial charge on any atom is 0.325 e. The van der Waals surface area contributed by atoms with Gasteiger partial charge in [0.05, 0.1) is 4.92 Å². The summed E-state index contributed by atoms with van der Waals surface area (Å²) in [5.41, 5.74) is 0.769. The minimum Gasteiger partial charge on any atom is -0.454 e. The number of carbonyl (C=O) groups excluding carboxylic acids is 3. The number of nitro benzene ring substituents is 1. The molecule has 0 aliphatic heterocycles. The third-order valence-corrected chi connectivity index (χ3v) is 4.02. The highest BCUT2D eigenvalue weighted by molar-refractivity contribution is 5.96. The maximum atomic E-state index is 12.2. The second kappa shape index (κ2) is 10.5. The first kappa shape index (κ1) is 21.5. The number of ether oxygens (including phenoxy) is 1. The van der Waals surface area contributed by atoms with Gasteiger partial charge in [-0.05, 0) is 18.6 Å². The molecule has 152 valence electrons. The topological polar surface area (TPSA) is 119 Å². The minimum atomic E-state index is -0.784. The summed E-state index contributed by atoms with van der Waals surface area (Å²) in [6.45, 7) is 1.78. The molecule has 0 spiro atoms. The summed E-state index contributed by atoms with van der Waals surface area (Å²) in [7, 11) is 0. The van der Waals surface area contributed by atoms with Crippen LogP contribution in [0.25, 0.3) is 0 Å². The fourth-order valence-electron chi connectivity index (χ4n) is 2.48. The van der Waals surface area contributed by atoms with Crippen molar-refractivity contribution >= 4 is 23.5 Å². The van der Waals surface area contributed by atoms with E-state index in [4.69, 9.17) is 4.74 Å². The van der Waals surface area contributed by atoms with Crippen LogP contribution >= 0.6 is 0 Å². The highest BCUT2D eigenvalue weighted by Gasteiger charge is 2.16. The van der Waals surface area contributed by atoms with Gasteiger partial charge in [-0.2, -0.15) is 0 Å². The molecule has 0 bridgehead atoms. The number of hydrogen-bond donors (Lipinski definition) is 1. The van der Waals surface area contributed by atoms with E-state index in [0.717, 1.165) is 11.6 Å². The Morgan fingerprint density at radius 1 is 1.10 bits per heavy atom. The molecule has 1 N–H and O–H groups in total. The van der Waals surface area contributed by atoms with Gasteiger partial charge >= 0.3 is 5.97 Å². The monoisotopic (exact) mass is 399 g/mol. The number of amides is 2. The minimum absolute atomic E-state index is 0.0445. The fraction of sp³-hybridized carbons (Fsp3) is 0.250. The lowest BCUT2D eigenvalue weighted by atomic mass is 10.2. The molecule has 0 aliphatic carbocycles. The van der Waals surface area contributed by atoms with Gasteiger partial charge in [-0.25, -0.2) is 0 Å². The van der Waals surface area contributed by atoms with Crippen molar-refractivity contribution in [1.82, 2.24) is 10.2 Å². The zero-order valence-corrected chi connectivity index (χ0v) is 15.9. The molecule has 9 nitrogen and oxygen atoms in total. The number of likely N-dealkylation sites (N-methyl/N-ethyl adjacent to an activating group) is 1. The first-order chi connectivity index (χ1) is 13.9. The van der Waals surface area contributed by atoms with E-state index in [-0.39, 0.29) is 17.2 Å². The lowest BCUT2D eigenvalue weighted by Crippen LogP contribution is -2.36. The normalized spacial score (nSPS) is 10.1. The van der Waals surface area contributed by atoms with E-state index in [1.54, 1.807) is 4.90 Å². The fourth-order valence-corrected chi connectivity index (χ4v) is 2.48. The molecule has 2 aromatic rings. The molecule has 0 aromatic heterocycles. The molecule has 29 heavy (non-hydrogen) atoms. The Morgan fingerprint density at radius 2 is 1.83 bits per heavy atom. The highest BCUT2D eigenvalue weighted by atomic mass is 16.6. The summed E-state index contributed by atoms with van der Waals surface area (Å²) in [4.78, 5) is 47.7. The third kappa shape index (κ3) is 6.73. The number of nitrogens with zero attached hydrogens (tertiary/aromatic N) is 2. The summed E-state index contributed by atoms with van der Waals surface area (Å²) in [5.74, 6) is -1.79. The Bertz CT molecular complexity index is 885. The van der Waals surface area contributed by atoms with Gasteiger partial charge in [-0.3, -0.25) is 24.5 Å². The largest absolute Gasteiger partial charge is 0.454 e. The van der Waals surface area contributed by atoms with Crippen LogP contribution in [-0.4, -0.2) is 47.3 Å². The van der Waals surface area contributed by atoms with Crippen molar-refractivity contribution in [3.8, 4) is 0 Å². The van der Waals surface area contributed by atoms with Crippen LogP contribution in [0.5, 0.6) is 0 Å². The van der Waals surface area contributed by atoms with Crippen LogP contribution in [0.1, 0.15) is 22.8 Å². The van der Waals surface area contributed by atoms with E-state index in [2.05, 4.69) is 5.32 Å². The van der Waals surface area contributed by atoms with Gasteiger partial charge in [0, 0.05) is 30.8 Å². The lowest BCUT2D eigenvalue weighted by molar-refractivity contribution is -0.384. The lowest BCUT2D eigenvalue weighted by Gasteiger charge is -2.20. The number of carbonyl (C=O) groups is 3. The zero-order valence-electron chi connectivity index (χ0n) is 15.9. The Labute approximate surface area is 167 Å². The van der Waals surface area contributed by atoms with Crippen molar-refractivity contribution in [2.24, 2.45) is 0 Å². The molecule has 0 atom stereocenters. The first-order valence-corrected chi connectivity index (χ1v) is 8.90. The quantitative estimate of drug-likeness (QED) is 0.391. The SMILES string of the molecule is CCN(Cc1ccccc1)C(=O)COC(=O)CNC(=O)c1cccc([N+](=O)[O-])c1. The van der Waals surface area contributed by atoms with Crippen molar-refractivity contribution in [1.29, 1.82) is 0 Å². The van der Waals surface area contributed by atoms with Crippen LogP contribution < -0.4 is 5.32 Å². The van der Waals surface area contributed by atoms with Crippen LogP contribution in [0.2, 0.25) is 0 Å². The van der Waals surface area contributed by atoms with E-state index < -0.39 is 30.0 Å². The zero-order chi connectivity index (χ0) is 21.2. The van der Waals surface area contributed by atoms with Gasteiger partial charge in [0.25, 0.3) is 17.5 Å². The second-order valence-electron chi connectivity index (χ2n) is 6.04. The standard InChI is InChI=1S/C20H21N3O6/c1-2-22(13-15-7-4-3-5-8-15)18(24)14-29-19(25)12-21-20(26)16-9-6-10-17(11-16)23(27)28/h3-11H,2,12-14H2,1H3,(H,21,26). The Balaban J connectivity index is 1.80. The van der Waals surface area contributed by atoms with Gasteiger partial charge in [0.15, 0.2) is 6.61 Å². The molecule has 0 saturated heterocycles. The molecule has 0 fully saturated rings. The number of benzene rings is 2. The van der Waals surface area contributed by atoms with E-state index in [9.17, 15) is 24.5 Å². The first-order valence-electron chi connectivity index (χ1n) is 8.90. The summed E-state index contributed by atoms with van der Waals surface area (Å²) in [6.07, 6.45) is 0.